The molecular weight excluding hydrogens is 210 g/mol. The molecule has 0 unspecified atom stereocenters. The van der Waals surface area contributed by atoms with E-state index in [-0.39, 0.29) is 5.69 Å². The minimum atomic E-state index is -0.497. The standard InChI is InChI=1S/C10H5N3O3/c14-5-1-2-9-8-6-7(13(15)16)3-4-10(8)12-11-9/h3-6H,(H,11,12). The van der Waals surface area contributed by atoms with E-state index in [2.05, 4.69) is 22.0 Å². The first-order valence-electron chi connectivity index (χ1n) is 4.30. The van der Waals surface area contributed by atoms with Gasteiger partial charge in [-0.1, -0.05) is 0 Å². The van der Waals surface area contributed by atoms with Crippen molar-refractivity contribution in [3.8, 4) is 11.8 Å². The van der Waals surface area contributed by atoms with Crippen molar-refractivity contribution >= 4 is 22.9 Å². The maximum atomic E-state index is 10.6. The second-order valence-corrected chi connectivity index (χ2v) is 2.94. The number of aldehydes is 1. The Morgan fingerprint density at radius 1 is 1.50 bits per heavy atom. The highest BCUT2D eigenvalue weighted by Gasteiger charge is 2.10. The van der Waals surface area contributed by atoms with Crippen LogP contribution in [0, 0.1) is 22.0 Å². The summed E-state index contributed by atoms with van der Waals surface area (Å²) in [5.74, 6) is 4.74. The van der Waals surface area contributed by atoms with E-state index in [0.717, 1.165) is 0 Å². The van der Waals surface area contributed by atoms with E-state index < -0.39 is 4.92 Å². The number of H-pyrrole nitrogens is 1. The molecule has 0 amide bonds. The van der Waals surface area contributed by atoms with E-state index in [9.17, 15) is 14.9 Å². The Bertz CT molecular complexity index is 634. The Kier molecular flexibility index (Phi) is 2.36. The highest BCUT2D eigenvalue weighted by Crippen LogP contribution is 2.21. The molecule has 6 nitrogen and oxygen atoms in total. The number of carbonyl (C=O) groups excluding carboxylic acids is 1. The van der Waals surface area contributed by atoms with Crippen molar-refractivity contribution in [2.75, 3.05) is 0 Å². The lowest BCUT2D eigenvalue weighted by Crippen LogP contribution is -1.86. The molecule has 2 aromatic rings. The van der Waals surface area contributed by atoms with Gasteiger partial charge in [-0.15, -0.1) is 0 Å². The third-order valence-electron chi connectivity index (χ3n) is 2.00. The molecule has 1 aromatic heterocycles. The summed E-state index contributed by atoms with van der Waals surface area (Å²) in [6.45, 7) is 0. The second-order valence-electron chi connectivity index (χ2n) is 2.94. The Balaban J connectivity index is 2.64. The van der Waals surface area contributed by atoms with Crippen LogP contribution >= 0.6 is 0 Å². The molecule has 1 heterocycles. The predicted molar refractivity (Wildman–Crippen MR) is 55.7 cm³/mol. The number of nitrogens with one attached hydrogen (secondary N) is 1. The number of nitro benzene ring substituents is 1. The zero-order chi connectivity index (χ0) is 11.5. The summed E-state index contributed by atoms with van der Waals surface area (Å²) in [5.41, 5.74) is 0.926. The summed E-state index contributed by atoms with van der Waals surface area (Å²) in [7, 11) is 0. The van der Waals surface area contributed by atoms with Gasteiger partial charge in [0.25, 0.3) is 5.69 Å². The van der Waals surface area contributed by atoms with Gasteiger partial charge in [0.05, 0.1) is 10.4 Å². The van der Waals surface area contributed by atoms with Crippen LogP contribution in [-0.4, -0.2) is 21.4 Å². The van der Waals surface area contributed by atoms with Crippen molar-refractivity contribution in [1.82, 2.24) is 10.2 Å². The number of aromatic nitrogens is 2. The van der Waals surface area contributed by atoms with Crippen LogP contribution in [0.4, 0.5) is 5.69 Å². The van der Waals surface area contributed by atoms with Gasteiger partial charge in [0.15, 0.2) is 6.29 Å². The number of nitrogens with zero attached hydrogens (tertiary/aromatic N) is 2. The lowest BCUT2D eigenvalue weighted by Gasteiger charge is -1.90. The van der Waals surface area contributed by atoms with Gasteiger partial charge >= 0.3 is 0 Å². The predicted octanol–water partition coefficient (Wildman–Crippen LogP) is 1.02. The average Bonchev–Trinajstić information content (AvgIpc) is 2.68. The normalized spacial score (nSPS) is 9.50. The minimum Gasteiger partial charge on any atom is -0.289 e. The molecule has 0 spiro atoms. The third-order valence-corrected chi connectivity index (χ3v) is 2.00. The molecule has 0 saturated heterocycles. The molecule has 78 valence electrons. The monoisotopic (exact) mass is 215 g/mol. The van der Waals surface area contributed by atoms with Gasteiger partial charge in [0, 0.05) is 17.5 Å². The molecular formula is C10H5N3O3. The largest absolute Gasteiger partial charge is 0.289 e. The van der Waals surface area contributed by atoms with Gasteiger partial charge in [-0.2, -0.15) is 5.10 Å². The number of non-ortho nitro benzene ring substituents is 1. The number of hydrogen-bond donors (Lipinski definition) is 1. The molecule has 6 heteroatoms. The molecule has 0 radical (unpaired) electrons. The zero-order valence-electron chi connectivity index (χ0n) is 7.93. The fraction of sp³-hybridized carbons (Fsp3) is 0. The van der Waals surface area contributed by atoms with E-state index in [0.29, 0.717) is 22.9 Å². The van der Waals surface area contributed by atoms with Crippen LogP contribution in [0.1, 0.15) is 5.69 Å². The van der Waals surface area contributed by atoms with Crippen LogP contribution in [0.5, 0.6) is 0 Å². The maximum Gasteiger partial charge on any atom is 0.270 e. The Hall–Kier alpha value is -2.68. The van der Waals surface area contributed by atoms with Crippen molar-refractivity contribution in [2.24, 2.45) is 0 Å². The summed E-state index contributed by atoms with van der Waals surface area (Å²) < 4.78 is 0. The van der Waals surface area contributed by atoms with Crippen molar-refractivity contribution in [2.45, 2.75) is 0 Å². The molecule has 0 aliphatic heterocycles. The van der Waals surface area contributed by atoms with Gasteiger partial charge in [-0.05, 0) is 17.9 Å². The van der Waals surface area contributed by atoms with Crippen molar-refractivity contribution < 1.29 is 9.72 Å². The maximum absolute atomic E-state index is 10.6. The number of rotatable bonds is 1. The van der Waals surface area contributed by atoms with Crippen molar-refractivity contribution in [3.63, 3.8) is 0 Å². The van der Waals surface area contributed by atoms with E-state index >= 15 is 0 Å². The van der Waals surface area contributed by atoms with Crippen LogP contribution in [0.3, 0.4) is 0 Å². The molecule has 1 N–H and O–H groups in total. The Morgan fingerprint density at radius 3 is 3.00 bits per heavy atom. The van der Waals surface area contributed by atoms with Crippen LogP contribution in [0.15, 0.2) is 18.2 Å². The fourth-order valence-electron chi connectivity index (χ4n) is 1.31. The molecule has 0 bridgehead atoms. The van der Waals surface area contributed by atoms with E-state index in [4.69, 9.17) is 0 Å². The summed E-state index contributed by atoms with van der Waals surface area (Å²) in [6.07, 6.45) is 0.448. The van der Waals surface area contributed by atoms with Crippen LogP contribution < -0.4 is 0 Å². The Labute approximate surface area is 89.4 Å². The molecule has 16 heavy (non-hydrogen) atoms. The molecule has 0 fully saturated rings. The lowest BCUT2D eigenvalue weighted by molar-refractivity contribution is -0.384. The summed E-state index contributed by atoms with van der Waals surface area (Å²) in [6, 6.07) is 4.25. The second kappa shape index (κ2) is 3.82. The van der Waals surface area contributed by atoms with E-state index in [1.165, 1.54) is 18.2 Å². The highest BCUT2D eigenvalue weighted by atomic mass is 16.6. The van der Waals surface area contributed by atoms with E-state index in [1.54, 1.807) is 0 Å². The van der Waals surface area contributed by atoms with Crippen LogP contribution in [-0.2, 0) is 4.79 Å². The molecule has 0 atom stereocenters. The number of benzene rings is 1. The van der Waals surface area contributed by atoms with Crippen molar-refractivity contribution in [3.05, 3.63) is 34.0 Å². The first-order chi connectivity index (χ1) is 7.72. The number of hydrogen-bond acceptors (Lipinski definition) is 4. The number of fused-ring (bicyclic) bond motifs is 1. The van der Waals surface area contributed by atoms with E-state index in [1.807, 2.05) is 0 Å². The van der Waals surface area contributed by atoms with Gasteiger partial charge in [-0.25, -0.2) is 0 Å². The first kappa shape index (κ1) is 9.86. The fourth-order valence-corrected chi connectivity index (χ4v) is 1.31. The quantitative estimate of drug-likeness (QED) is 0.333. The molecule has 2 rings (SSSR count). The number of carbonyl (C=O) groups is 1. The molecule has 0 aliphatic rings. The summed E-state index contributed by atoms with van der Waals surface area (Å²) in [4.78, 5) is 20.2. The van der Waals surface area contributed by atoms with Crippen molar-refractivity contribution in [1.29, 1.82) is 0 Å². The third kappa shape index (κ3) is 1.62. The summed E-state index contributed by atoms with van der Waals surface area (Å²) in [5, 5.41) is 17.6. The smallest absolute Gasteiger partial charge is 0.270 e. The topological polar surface area (TPSA) is 88.9 Å². The first-order valence-corrected chi connectivity index (χ1v) is 4.30. The zero-order valence-corrected chi connectivity index (χ0v) is 7.93. The lowest BCUT2D eigenvalue weighted by atomic mass is 10.2. The summed E-state index contributed by atoms with van der Waals surface area (Å²) >= 11 is 0. The minimum absolute atomic E-state index is 0.0388. The molecule has 1 aromatic carbocycles. The SMILES string of the molecule is O=CC#Cc1[nH]nc2ccc([N+](=O)[O-])cc12. The molecule has 0 aliphatic carbocycles. The number of nitro groups is 1. The van der Waals surface area contributed by atoms with Crippen LogP contribution in [0.2, 0.25) is 0 Å². The van der Waals surface area contributed by atoms with Gasteiger partial charge in [-0.3, -0.25) is 20.0 Å². The average molecular weight is 215 g/mol. The highest BCUT2D eigenvalue weighted by molar-refractivity contribution is 5.87. The number of aromatic amines is 1. The van der Waals surface area contributed by atoms with Gasteiger partial charge in [0.2, 0.25) is 0 Å². The van der Waals surface area contributed by atoms with Crippen LogP contribution in [0.25, 0.3) is 10.9 Å². The Morgan fingerprint density at radius 2 is 2.31 bits per heavy atom. The van der Waals surface area contributed by atoms with Gasteiger partial charge < -0.3 is 0 Å². The van der Waals surface area contributed by atoms with Gasteiger partial charge in [0.1, 0.15) is 5.69 Å². The molecule has 0 saturated carbocycles.